The van der Waals surface area contributed by atoms with Gasteiger partial charge in [0.05, 0.1) is 0 Å². The van der Waals surface area contributed by atoms with Gasteiger partial charge in [0.15, 0.2) is 0 Å². The van der Waals surface area contributed by atoms with Gasteiger partial charge in [-0.25, -0.2) is 0 Å². The zero-order valence-corrected chi connectivity index (χ0v) is 10.3. The van der Waals surface area contributed by atoms with Gasteiger partial charge in [0.2, 0.25) is 0 Å². The van der Waals surface area contributed by atoms with E-state index in [1.165, 1.54) is 42.6 Å². The first-order valence-corrected chi connectivity index (χ1v) is 6.29. The second-order valence-corrected chi connectivity index (χ2v) is 4.94. The van der Waals surface area contributed by atoms with Crippen LogP contribution in [0.15, 0.2) is 30.5 Å². The van der Waals surface area contributed by atoms with Gasteiger partial charge in [0.1, 0.15) is 0 Å². The number of rotatable bonds is 2. The Labute approximate surface area is 102 Å². The zero-order valence-electron chi connectivity index (χ0n) is 10.3. The Balaban J connectivity index is 1.76. The van der Waals surface area contributed by atoms with Gasteiger partial charge in [0, 0.05) is 49.8 Å². The van der Waals surface area contributed by atoms with E-state index in [1.807, 2.05) is 0 Å². The Morgan fingerprint density at radius 3 is 2.71 bits per heavy atom. The summed E-state index contributed by atoms with van der Waals surface area (Å²) in [6.45, 7) is 5.79. The van der Waals surface area contributed by atoms with Gasteiger partial charge >= 0.3 is 0 Å². The van der Waals surface area contributed by atoms with Gasteiger partial charge in [-0.15, -0.1) is 0 Å². The molecule has 90 valence electrons. The minimum absolute atomic E-state index is 1.07. The lowest BCUT2D eigenvalue weighted by atomic mass is 10.1. The highest BCUT2D eigenvalue weighted by atomic mass is 15.2. The number of benzene rings is 1. The van der Waals surface area contributed by atoms with Crippen LogP contribution in [-0.4, -0.2) is 48.0 Å². The third kappa shape index (κ3) is 2.21. The van der Waals surface area contributed by atoms with E-state index in [1.54, 1.807) is 0 Å². The first-order chi connectivity index (χ1) is 8.33. The molecule has 0 spiro atoms. The molecular weight excluding hydrogens is 210 g/mol. The van der Waals surface area contributed by atoms with Crippen LogP contribution in [-0.2, 0) is 6.54 Å². The summed E-state index contributed by atoms with van der Waals surface area (Å²) >= 11 is 0. The van der Waals surface area contributed by atoms with E-state index in [0.717, 1.165) is 6.54 Å². The summed E-state index contributed by atoms with van der Waals surface area (Å²) in [6, 6.07) is 8.54. The van der Waals surface area contributed by atoms with Crippen molar-refractivity contribution in [3.8, 4) is 0 Å². The second kappa shape index (κ2) is 4.51. The highest BCUT2D eigenvalue weighted by molar-refractivity contribution is 5.82. The number of likely N-dealkylation sites (N-methyl/N-ethyl adjacent to an activating group) is 1. The van der Waals surface area contributed by atoms with Crippen molar-refractivity contribution in [1.82, 2.24) is 14.8 Å². The van der Waals surface area contributed by atoms with Gasteiger partial charge < -0.3 is 9.88 Å². The lowest BCUT2D eigenvalue weighted by Gasteiger charge is -2.32. The molecule has 2 heterocycles. The summed E-state index contributed by atoms with van der Waals surface area (Å²) in [5.41, 5.74) is 2.67. The lowest BCUT2D eigenvalue weighted by molar-refractivity contribution is 0.148. The third-order valence-corrected chi connectivity index (χ3v) is 3.66. The molecule has 1 fully saturated rings. The Hall–Kier alpha value is -1.32. The van der Waals surface area contributed by atoms with E-state index in [2.05, 4.69) is 52.3 Å². The zero-order chi connectivity index (χ0) is 11.7. The summed E-state index contributed by atoms with van der Waals surface area (Å²) in [4.78, 5) is 8.28. The summed E-state index contributed by atoms with van der Waals surface area (Å²) in [7, 11) is 2.20. The average molecular weight is 229 g/mol. The minimum atomic E-state index is 1.07. The maximum atomic E-state index is 3.35. The average Bonchev–Trinajstić information content (AvgIpc) is 2.76. The molecule has 0 atom stereocenters. The van der Waals surface area contributed by atoms with E-state index in [0.29, 0.717) is 0 Å². The molecule has 2 aromatic rings. The van der Waals surface area contributed by atoms with Gasteiger partial charge in [-0.05, 0) is 18.7 Å². The van der Waals surface area contributed by atoms with Gasteiger partial charge in [-0.3, -0.25) is 4.90 Å². The van der Waals surface area contributed by atoms with Crippen LogP contribution in [0.3, 0.4) is 0 Å². The first kappa shape index (κ1) is 10.8. The van der Waals surface area contributed by atoms with Gasteiger partial charge in [-0.1, -0.05) is 18.2 Å². The van der Waals surface area contributed by atoms with Crippen molar-refractivity contribution in [1.29, 1.82) is 0 Å². The molecule has 0 radical (unpaired) electrons. The third-order valence-electron chi connectivity index (χ3n) is 3.66. The molecule has 1 saturated heterocycles. The number of hydrogen-bond acceptors (Lipinski definition) is 2. The van der Waals surface area contributed by atoms with Crippen LogP contribution in [0.25, 0.3) is 10.9 Å². The maximum Gasteiger partial charge on any atom is 0.0457 e. The van der Waals surface area contributed by atoms with Crippen LogP contribution in [0.1, 0.15) is 5.56 Å². The van der Waals surface area contributed by atoms with Crippen molar-refractivity contribution in [3.05, 3.63) is 36.0 Å². The smallest absolute Gasteiger partial charge is 0.0457 e. The molecular formula is C14H19N3. The Morgan fingerprint density at radius 2 is 1.88 bits per heavy atom. The molecule has 1 aromatic carbocycles. The molecule has 3 heteroatoms. The molecule has 1 aromatic heterocycles. The minimum Gasteiger partial charge on any atom is -0.361 e. The van der Waals surface area contributed by atoms with Crippen molar-refractivity contribution in [3.63, 3.8) is 0 Å². The predicted molar refractivity (Wildman–Crippen MR) is 71.1 cm³/mol. The molecule has 17 heavy (non-hydrogen) atoms. The van der Waals surface area contributed by atoms with Gasteiger partial charge in [-0.2, -0.15) is 0 Å². The molecule has 3 nitrogen and oxygen atoms in total. The fraction of sp³-hybridized carbons (Fsp3) is 0.429. The Morgan fingerprint density at radius 1 is 1.12 bits per heavy atom. The largest absolute Gasteiger partial charge is 0.361 e. The topological polar surface area (TPSA) is 22.3 Å². The number of para-hydroxylation sites is 1. The number of hydrogen-bond donors (Lipinski definition) is 1. The number of H-pyrrole nitrogens is 1. The summed E-state index contributed by atoms with van der Waals surface area (Å²) in [6.07, 6.45) is 2.16. The van der Waals surface area contributed by atoms with Crippen molar-refractivity contribution in [2.24, 2.45) is 0 Å². The van der Waals surface area contributed by atoms with E-state index >= 15 is 0 Å². The van der Waals surface area contributed by atoms with Crippen LogP contribution in [0, 0.1) is 0 Å². The standard InChI is InChI=1S/C14H19N3/c1-16-6-8-17(9-7-16)11-12-10-15-14-5-3-2-4-13(12)14/h2-5,10,15H,6-9,11H2,1H3. The molecule has 0 aliphatic carbocycles. The molecule has 3 rings (SSSR count). The highest BCUT2D eigenvalue weighted by Crippen LogP contribution is 2.19. The van der Waals surface area contributed by atoms with E-state index < -0.39 is 0 Å². The number of nitrogens with zero attached hydrogens (tertiary/aromatic N) is 2. The molecule has 1 N–H and O–H groups in total. The molecule has 1 aliphatic rings. The van der Waals surface area contributed by atoms with Crippen molar-refractivity contribution in [2.75, 3.05) is 33.2 Å². The fourth-order valence-electron chi connectivity index (χ4n) is 2.51. The lowest BCUT2D eigenvalue weighted by Crippen LogP contribution is -2.43. The number of fused-ring (bicyclic) bond motifs is 1. The summed E-state index contributed by atoms with van der Waals surface area (Å²) in [5.74, 6) is 0. The normalized spacial score (nSPS) is 18.9. The Kier molecular flexibility index (Phi) is 2.87. The number of piperazine rings is 1. The molecule has 0 amide bonds. The molecule has 0 bridgehead atoms. The van der Waals surface area contributed by atoms with Crippen LogP contribution >= 0.6 is 0 Å². The van der Waals surface area contributed by atoms with E-state index in [9.17, 15) is 0 Å². The number of aromatic amines is 1. The van der Waals surface area contributed by atoms with Gasteiger partial charge in [0.25, 0.3) is 0 Å². The molecule has 0 unspecified atom stereocenters. The molecule has 1 aliphatic heterocycles. The van der Waals surface area contributed by atoms with Crippen molar-refractivity contribution < 1.29 is 0 Å². The quantitative estimate of drug-likeness (QED) is 0.850. The first-order valence-electron chi connectivity index (χ1n) is 6.29. The van der Waals surface area contributed by atoms with Crippen LogP contribution in [0.5, 0.6) is 0 Å². The second-order valence-electron chi connectivity index (χ2n) is 4.94. The van der Waals surface area contributed by atoms with Crippen LogP contribution in [0.4, 0.5) is 0 Å². The fourth-order valence-corrected chi connectivity index (χ4v) is 2.51. The summed E-state index contributed by atoms with van der Waals surface area (Å²) < 4.78 is 0. The highest BCUT2D eigenvalue weighted by Gasteiger charge is 2.15. The Bertz CT molecular complexity index is 495. The van der Waals surface area contributed by atoms with Crippen LogP contribution < -0.4 is 0 Å². The maximum absolute atomic E-state index is 3.35. The monoisotopic (exact) mass is 229 g/mol. The predicted octanol–water partition coefficient (Wildman–Crippen LogP) is 1.92. The SMILES string of the molecule is CN1CCN(Cc2c[nH]c3ccccc23)CC1. The summed E-state index contributed by atoms with van der Waals surface area (Å²) in [5, 5.41) is 1.37. The number of nitrogens with one attached hydrogen (secondary N) is 1. The van der Waals surface area contributed by atoms with E-state index in [-0.39, 0.29) is 0 Å². The van der Waals surface area contributed by atoms with Crippen molar-refractivity contribution in [2.45, 2.75) is 6.54 Å². The van der Waals surface area contributed by atoms with E-state index in [4.69, 9.17) is 0 Å². The van der Waals surface area contributed by atoms with Crippen molar-refractivity contribution >= 4 is 10.9 Å². The van der Waals surface area contributed by atoms with Crippen LogP contribution in [0.2, 0.25) is 0 Å². The molecule has 0 saturated carbocycles. The number of aromatic nitrogens is 1.